The lowest BCUT2D eigenvalue weighted by Gasteiger charge is -2.31. The second-order valence-electron chi connectivity index (χ2n) is 4.47. The lowest BCUT2D eigenvalue weighted by molar-refractivity contribution is -0.138. The number of carbonyl (C=O) groups is 2. The van der Waals surface area contributed by atoms with Gasteiger partial charge in [-0.05, 0) is 31.2 Å². The summed E-state index contributed by atoms with van der Waals surface area (Å²) < 4.78 is 0. The summed E-state index contributed by atoms with van der Waals surface area (Å²) in [7, 11) is 0. The van der Waals surface area contributed by atoms with Crippen LogP contribution in [0, 0.1) is 5.92 Å². The number of carbonyl (C=O) groups excluding carboxylic acids is 2. The third-order valence-electron chi connectivity index (χ3n) is 3.13. The third-order valence-corrected chi connectivity index (χ3v) is 3.99. The number of thiophene rings is 1. The van der Waals surface area contributed by atoms with E-state index < -0.39 is 0 Å². The molecule has 1 N–H and O–H groups in total. The van der Waals surface area contributed by atoms with E-state index in [4.69, 9.17) is 4.84 Å². The molecule has 1 aliphatic heterocycles. The van der Waals surface area contributed by atoms with Crippen LogP contribution in [0.25, 0.3) is 0 Å². The second-order valence-corrected chi connectivity index (χ2v) is 5.41. The molecule has 0 aromatic carbocycles. The van der Waals surface area contributed by atoms with Gasteiger partial charge in [0, 0.05) is 13.1 Å². The van der Waals surface area contributed by atoms with Crippen molar-refractivity contribution in [2.45, 2.75) is 19.8 Å². The fourth-order valence-electron chi connectivity index (χ4n) is 2.16. The Morgan fingerprint density at radius 3 is 3.11 bits per heavy atom. The molecule has 0 saturated carbocycles. The Hall–Kier alpha value is -1.40. The molecule has 0 spiro atoms. The van der Waals surface area contributed by atoms with E-state index in [1.165, 1.54) is 11.3 Å². The lowest BCUT2D eigenvalue weighted by Crippen LogP contribution is -2.45. The smallest absolute Gasteiger partial charge is 0.263 e. The maximum Gasteiger partial charge on any atom is 0.263 e. The van der Waals surface area contributed by atoms with Crippen molar-refractivity contribution >= 4 is 23.2 Å². The highest BCUT2D eigenvalue weighted by Crippen LogP contribution is 2.20. The number of nitrogens with one attached hydrogen (secondary N) is 1. The zero-order valence-corrected chi connectivity index (χ0v) is 11.7. The first-order valence-electron chi connectivity index (χ1n) is 6.46. The SMILES string of the molecule is CCONC(=O)[C@@H]1CCCN(C(=O)c2cccs2)C1. The molecule has 0 bridgehead atoms. The first kappa shape index (κ1) is 14.0. The molecule has 1 aromatic heterocycles. The van der Waals surface area contributed by atoms with Crippen LogP contribution in [0.4, 0.5) is 0 Å². The first-order valence-corrected chi connectivity index (χ1v) is 7.34. The summed E-state index contributed by atoms with van der Waals surface area (Å²) in [4.78, 5) is 31.5. The van der Waals surface area contributed by atoms with Crippen LogP contribution in [0.15, 0.2) is 17.5 Å². The number of rotatable bonds is 4. The molecule has 2 amide bonds. The van der Waals surface area contributed by atoms with Crippen LogP contribution in [-0.2, 0) is 9.63 Å². The molecule has 1 aliphatic rings. The van der Waals surface area contributed by atoms with Gasteiger partial charge in [0.25, 0.3) is 5.91 Å². The van der Waals surface area contributed by atoms with E-state index in [0.717, 1.165) is 24.3 Å². The average molecular weight is 282 g/mol. The molecule has 2 rings (SSSR count). The minimum atomic E-state index is -0.177. The van der Waals surface area contributed by atoms with Gasteiger partial charge in [0.2, 0.25) is 5.91 Å². The monoisotopic (exact) mass is 282 g/mol. The number of amides is 2. The maximum atomic E-state index is 12.2. The molecule has 1 aromatic rings. The maximum absolute atomic E-state index is 12.2. The summed E-state index contributed by atoms with van der Waals surface area (Å²) >= 11 is 1.43. The van der Waals surface area contributed by atoms with Gasteiger partial charge in [-0.1, -0.05) is 6.07 Å². The molecule has 19 heavy (non-hydrogen) atoms. The second kappa shape index (κ2) is 6.68. The topological polar surface area (TPSA) is 58.6 Å². The number of hydroxylamine groups is 1. The summed E-state index contributed by atoms with van der Waals surface area (Å²) in [6, 6.07) is 3.68. The zero-order chi connectivity index (χ0) is 13.7. The van der Waals surface area contributed by atoms with Gasteiger partial charge in [-0.2, -0.15) is 0 Å². The van der Waals surface area contributed by atoms with Crippen molar-refractivity contribution in [3.63, 3.8) is 0 Å². The van der Waals surface area contributed by atoms with Crippen LogP contribution in [-0.4, -0.2) is 36.4 Å². The highest BCUT2D eigenvalue weighted by atomic mass is 32.1. The van der Waals surface area contributed by atoms with E-state index in [1.807, 2.05) is 24.4 Å². The van der Waals surface area contributed by atoms with E-state index in [-0.39, 0.29) is 17.7 Å². The van der Waals surface area contributed by atoms with Crippen molar-refractivity contribution in [3.05, 3.63) is 22.4 Å². The quantitative estimate of drug-likeness (QED) is 0.855. The average Bonchev–Trinajstić information content (AvgIpc) is 2.98. The zero-order valence-electron chi connectivity index (χ0n) is 10.9. The number of hydrogen-bond acceptors (Lipinski definition) is 4. The molecular formula is C13H18N2O3S. The summed E-state index contributed by atoms with van der Waals surface area (Å²) in [5.74, 6) is -0.293. The molecular weight excluding hydrogens is 264 g/mol. The van der Waals surface area contributed by atoms with Crippen molar-refractivity contribution in [2.75, 3.05) is 19.7 Å². The number of likely N-dealkylation sites (tertiary alicyclic amines) is 1. The molecule has 0 aliphatic carbocycles. The fraction of sp³-hybridized carbons (Fsp3) is 0.538. The normalized spacial score (nSPS) is 19.2. The lowest BCUT2D eigenvalue weighted by atomic mass is 9.97. The molecule has 0 radical (unpaired) electrons. The Kier molecular flexibility index (Phi) is 4.93. The Bertz CT molecular complexity index is 433. The van der Waals surface area contributed by atoms with E-state index in [1.54, 1.807) is 4.90 Å². The van der Waals surface area contributed by atoms with Gasteiger partial charge < -0.3 is 4.90 Å². The van der Waals surface area contributed by atoms with E-state index in [2.05, 4.69) is 5.48 Å². The molecule has 1 saturated heterocycles. The summed E-state index contributed by atoms with van der Waals surface area (Å²) in [6.45, 7) is 3.44. The van der Waals surface area contributed by atoms with Crippen molar-refractivity contribution in [2.24, 2.45) is 5.92 Å². The molecule has 104 valence electrons. The minimum absolute atomic E-state index is 0.0175. The Balaban J connectivity index is 1.93. The summed E-state index contributed by atoms with van der Waals surface area (Å²) in [5.41, 5.74) is 2.42. The van der Waals surface area contributed by atoms with E-state index in [9.17, 15) is 9.59 Å². The fourth-order valence-corrected chi connectivity index (χ4v) is 2.85. The highest BCUT2D eigenvalue weighted by Gasteiger charge is 2.29. The van der Waals surface area contributed by atoms with Gasteiger partial charge in [-0.25, -0.2) is 5.48 Å². The third kappa shape index (κ3) is 3.54. The van der Waals surface area contributed by atoms with Gasteiger partial charge >= 0.3 is 0 Å². The van der Waals surface area contributed by atoms with E-state index in [0.29, 0.717) is 13.2 Å². The minimum Gasteiger partial charge on any atom is -0.337 e. The van der Waals surface area contributed by atoms with Crippen molar-refractivity contribution in [1.29, 1.82) is 0 Å². The molecule has 1 fully saturated rings. The van der Waals surface area contributed by atoms with Gasteiger partial charge in [-0.3, -0.25) is 14.4 Å². The van der Waals surface area contributed by atoms with Gasteiger partial charge in [-0.15, -0.1) is 11.3 Å². The van der Waals surface area contributed by atoms with Gasteiger partial charge in [0.15, 0.2) is 0 Å². The number of piperidine rings is 1. The standard InChI is InChI=1S/C13H18N2O3S/c1-2-18-14-12(16)10-5-3-7-15(9-10)13(17)11-6-4-8-19-11/h4,6,8,10H,2-3,5,7,9H2,1H3,(H,14,16)/t10-/m1/s1. The van der Waals surface area contributed by atoms with Gasteiger partial charge in [0.05, 0.1) is 17.4 Å². The molecule has 0 unspecified atom stereocenters. The van der Waals surface area contributed by atoms with E-state index >= 15 is 0 Å². The summed E-state index contributed by atoms with van der Waals surface area (Å²) in [6.07, 6.45) is 1.65. The van der Waals surface area contributed by atoms with Crippen LogP contribution in [0.2, 0.25) is 0 Å². The van der Waals surface area contributed by atoms with Crippen LogP contribution in [0.3, 0.4) is 0 Å². The van der Waals surface area contributed by atoms with Crippen LogP contribution in [0.5, 0.6) is 0 Å². The predicted octanol–water partition coefficient (Wildman–Crippen LogP) is 1.67. The Morgan fingerprint density at radius 1 is 1.58 bits per heavy atom. The Labute approximate surface area is 116 Å². The molecule has 5 nitrogen and oxygen atoms in total. The van der Waals surface area contributed by atoms with Crippen LogP contribution < -0.4 is 5.48 Å². The predicted molar refractivity (Wildman–Crippen MR) is 72.7 cm³/mol. The summed E-state index contributed by atoms with van der Waals surface area (Å²) in [5, 5.41) is 1.89. The Morgan fingerprint density at radius 2 is 2.42 bits per heavy atom. The number of hydrogen-bond donors (Lipinski definition) is 1. The molecule has 1 atom stereocenters. The number of nitrogens with zero attached hydrogens (tertiary/aromatic N) is 1. The van der Waals surface area contributed by atoms with Crippen molar-refractivity contribution in [3.8, 4) is 0 Å². The largest absolute Gasteiger partial charge is 0.337 e. The van der Waals surface area contributed by atoms with Crippen molar-refractivity contribution in [1.82, 2.24) is 10.4 Å². The van der Waals surface area contributed by atoms with Gasteiger partial charge in [0.1, 0.15) is 0 Å². The van der Waals surface area contributed by atoms with Crippen LogP contribution in [0.1, 0.15) is 29.4 Å². The van der Waals surface area contributed by atoms with Crippen LogP contribution >= 0.6 is 11.3 Å². The van der Waals surface area contributed by atoms with Crippen molar-refractivity contribution < 1.29 is 14.4 Å². The highest BCUT2D eigenvalue weighted by molar-refractivity contribution is 7.12. The molecule has 2 heterocycles. The first-order chi connectivity index (χ1) is 9.22. The molecule has 6 heteroatoms.